The quantitative estimate of drug-likeness (QED) is 0.605. The van der Waals surface area contributed by atoms with E-state index in [-0.39, 0.29) is 28.8 Å². The molecule has 0 saturated heterocycles. The van der Waals surface area contributed by atoms with E-state index in [4.69, 9.17) is 0 Å². The minimum Gasteiger partial charge on any atom is -0.354 e. The molecule has 0 spiro atoms. The number of nitrogens with zero attached hydrogens (tertiary/aromatic N) is 2. The summed E-state index contributed by atoms with van der Waals surface area (Å²) in [6.45, 7) is 5.62. The second-order valence-electron chi connectivity index (χ2n) is 8.38. The van der Waals surface area contributed by atoms with Crippen molar-refractivity contribution in [1.29, 1.82) is 0 Å². The summed E-state index contributed by atoms with van der Waals surface area (Å²) in [5.74, 6) is -1.43. The average molecular weight is 472 g/mol. The van der Waals surface area contributed by atoms with E-state index in [0.29, 0.717) is 17.3 Å². The molecule has 2 aromatic rings. The monoisotopic (exact) mass is 471 g/mol. The van der Waals surface area contributed by atoms with Crippen LogP contribution in [0.5, 0.6) is 0 Å². The van der Waals surface area contributed by atoms with Gasteiger partial charge in [0.15, 0.2) is 0 Å². The summed E-state index contributed by atoms with van der Waals surface area (Å²) in [7, 11) is -4.14. The van der Waals surface area contributed by atoms with Crippen LogP contribution in [-0.2, 0) is 26.2 Å². The first-order valence-corrected chi connectivity index (χ1v) is 12.4. The third kappa shape index (κ3) is 5.24. The zero-order chi connectivity index (χ0) is 24.2. The maximum Gasteiger partial charge on any atom is 0.269 e. The Kier molecular flexibility index (Phi) is 7.53. The van der Waals surface area contributed by atoms with Crippen LogP contribution in [0.15, 0.2) is 59.5 Å². The van der Waals surface area contributed by atoms with E-state index in [0.717, 1.165) is 5.56 Å². The van der Waals surface area contributed by atoms with Gasteiger partial charge in [0.05, 0.1) is 5.56 Å². The Morgan fingerprint density at radius 3 is 2.27 bits per heavy atom. The summed E-state index contributed by atoms with van der Waals surface area (Å²) < 4.78 is 26.4. The van der Waals surface area contributed by atoms with Gasteiger partial charge in [-0.1, -0.05) is 63.2 Å². The molecule has 0 fully saturated rings. The van der Waals surface area contributed by atoms with E-state index >= 15 is 0 Å². The molecule has 33 heavy (non-hydrogen) atoms. The summed E-state index contributed by atoms with van der Waals surface area (Å²) in [4.78, 5) is 40.4. The van der Waals surface area contributed by atoms with Gasteiger partial charge in [-0.05, 0) is 30.0 Å². The van der Waals surface area contributed by atoms with Crippen LogP contribution in [0.1, 0.15) is 43.1 Å². The SMILES string of the molecule is CC[C@H](C(=O)NCC(C)C)N(Cc1ccccc1)C(=O)CN1C(=O)c2ccccc2S1(=O)=O. The fourth-order valence-corrected chi connectivity index (χ4v) is 5.24. The maximum atomic E-state index is 13.4. The molecule has 0 saturated carbocycles. The van der Waals surface area contributed by atoms with Crippen LogP contribution >= 0.6 is 0 Å². The van der Waals surface area contributed by atoms with Gasteiger partial charge in [0.25, 0.3) is 15.9 Å². The fourth-order valence-electron chi connectivity index (χ4n) is 3.72. The first kappa shape index (κ1) is 24.4. The number of hydrogen-bond acceptors (Lipinski definition) is 5. The minimum absolute atomic E-state index is 0.0432. The van der Waals surface area contributed by atoms with Gasteiger partial charge in [0.1, 0.15) is 17.5 Å². The normalized spacial score (nSPS) is 15.3. The Morgan fingerprint density at radius 1 is 1.03 bits per heavy atom. The highest BCUT2D eigenvalue weighted by Crippen LogP contribution is 2.30. The highest BCUT2D eigenvalue weighted by atomic mass is 32.2. The summed E-state index contributed by atoms with van der Waals surface area (Å²) in [5, 5.41) is 2.86. The second-order valence-corrected chi connectivity index (χ2v) is 10.2. The lowest BCUT2D eigenvalue weighted by molar-refractivity contribution is -0.141. The summed E-state index contributed by atoms with van der Waals surface area (Å²) >= 11 is 0. The van der Waals surface area contributed by atoms with Crippen LogP contribution < -0.4 is 5.32 Å². The number of carbonyl (C=O) groups excluding carboxylic acids is 3. The van der Waals surface area contributed by atoms with E-state index in [1.807, 2.05) is 44.2 Å². The Balaban J connectivity index is 1.89. The summed E-state index contributed by atoms with van der Waals surface area (Å²) in [5.41, 5.74) is 0.835. The topological polar surface area (TPSA) is 104 Å². The molecule has 3 rings (SSSR count). The average Bonchev–Trinajstić information content (AvgIpc) is 2.99. The molecule has 1 heterocycles. The molecular formula is C24H29N3O5S. The van der Waals surface area contributed by atoms with Crippen LogP contribution in [-0.4, -0.2) is 54.5 Å². The largest absolute Gasteiger partial charge is 0.354 e. The molecule has 0 bridgehead atoms. The van der Waals surface area contributed by atoms with Crippen LogP contribution in [0, 0.1) is 5.92 Å². The number of hydrogen-bond donors (Lipinski definition) is 1. The number of carbonyl (C=O) groups is 3. The van der Waals surface area contributed by atoms with Crippen molar-refractivity contribution >= 4 is 27.7 Å². The van der Waals surface area contributed by atoms with Crippen molar-refractivity contribution in [3.8, 4) is 0 Å². The van der Waals surface area contributed by atoms with Crippen LogP contribution in [0.4, 0.5) is 0 Å². The van der Waals surface area contributed by atoms with Gasteiger partial charge in [-0.3, -0.25) is 14.4 Å². The maximum absolute atomic E-state index is 13.4. The number of fused-ring (bicyclic) bond motifs is 1. The van der Waals surface area contributed by atoms with E-state index in [1.165, 1.54) is 23.1 Å². The van der Waals surface area contributed by atoms with Crippen molar-refractivity contribution in [2.45, 2.75) is 44.7 Å². The molecule has 176 valence electrons. The number of benzene rings is 2. The van der Waals surface area contributed by atoms with Crippen molar-refractivity contribution in [2.75, 3.05) is 13.1 Å². The molecule has 1 N–H and O–H groups in total. The second kappa shape index (κ2) is 10.2. The Hall–Kier alpha value is -3.20. The fraction of sp³-hybridized carbons (Fsp3) is 0.375. The standard InChI is InChI=1S/C24H29N3O5S/c1-4-20(23(29)25-14-17(2)3)26(15-18-10-6-5-7-11-18)22(28)16-27-24(30)19-12-8-9-13-21(19)33(27,31)32/h5-13,17,20H,4,14-16H2,1-3H3,(H,25,29)/t20-/m1/s1. The lowest BCUT2D eigenvalue weighted by Crippen LogP contribution is -2.52. The van der Waals surface area contributed by atoms with Crippen molar-refractivity contribution < 1.29 is 22.8 Å². The Morgan fingerprint density at radius 2 is 1.67 bits per heavy atom. The van der Waals surface area contributed by atoms with Crippen molar-refractivity contribution in [2.24, 2.45) is 5.92 Å². The molecule has 0 radical (unpaired) electrons. The lowest BCUT2D eigenvalue weighted by Gasteiger charge is -2.32. The summed E-state index contributed by atoms with van der Waals surface area (Å²) in [6, 6.07) is 14.2. The van der Waals surface area contributed by atoms with Gasteiger partial charge in [-0.2, -0.15) is 0 Å². The van der Waals surface area contributed by atoms with E-state index in [9.17, 15) is 22.8 Å². The van der Waals surface area contributed by atoms with E-state index in [1.54, 1.807) is 13.0 Å². The van der Waals surface area contributed by atoms with Gasteiger partial charge in [0, 0.05) is 13.1 Å². The van der Waals surface area contributed by atoms with Gasteiger partial charge in [0.2, 0.25) is 11.8 Å². The first-order valence-electron chi connectivity index (χ1n) is 10.9. The molecule has 0 aromatic heterocycles. The zero-order valence-corrected chi connectivity index (χ0v) is 19.8. The predicted molar refractivity (Wildman–Crippen MR) is 124 cm³/mol. The van der Waals surface area contributed by atoms with Crippen LogP contribution in [0.3, 0.4) is 0 Å². The zero-order valence-electron chi connectivity index (χ0n) is 19.0. The molecule has 3 amide bonds. The van der Waals surface area contributed by atoms with Gasteiger partial charge < -0.3 is 10.2 Å². The molecule has 2 aromatic carbocycles. The number of rotatable bonds is 9. The first-order chi connectivity index (χ1) is 15.7. The molecule has 1 atom stereocenters. The molecule has 8 nitrogen and oxygen atoms in total. The third-order valence-corrected chi connectivity index (χ3v) is 7.24. The molecule has 1 aliphatic heterocycles. The number of sulfonamides is 1. The van der Waals surface area contributed by atoms with E-state index < -0.39 is 34.4 Å². The number of amides is 3. The van der Waals surface area contributed by atoms with Gasteiger partial charge >= 0.3 is 0 Å². The van der Waals surface area contributed by atoms with Gasteiger partial charge in [-0.15, -0.1) is 0 Å². The predicted octanol–water partition coefficient (Wildman–Crippen LogP) is 2.41. The van der Waals surface area contributed by atoms with Gasteiger partial charge in [-0.25, -0.2) is 12.7 Å². The molecule has 1 aliphatic rings. The van der Waals surface area contributed by atoms with E-state index in [2.05, 4.69) is 5.32 Å². The van der Waals surface area contributed by atoms with Crippen LogP contribution in [0.25, 0.3) is 0 Å². The molecular weight excluding hydrogens is 442 g/mol. The molecule has 9 heteroatoms. The highest BCUT2D eigenvalue weighted by Gasteiger charge is 2.43. The molecule has 0 unspecified atom stereocenters. The van der Waals surface area contributed by atoms with Crippen molar-refractivity contribution in [1.82, 2.24) is 14.5 Å². The van der Waals surface area contributed by atoms with Crippen LogP contribution in [0.2, 0.25) is 0 Å². The smallest absolute Gasteiger partial charge is 0.269 e. The van der Waals surface area contributed by atoms with Crippen molar-refractivity contribution in [3.63, 3.8) is 0 Å². The lowest BCUT2D eigenvalue weighted by atomic mass is 10.1. The molecule has 0 aliphatic carbocycles. The Labute approximate surface area is 194 Å². The number of nitrogens with one attached hydrogen (secondary N) is 1. The third-order valence-electron chi connectivity index (χ3n) is 5.46. The summed E-state index contributed by atoms with van der Waals surface area (Å²) in [6.07, 6.45) is 0.337. The minimum atomic E-state index is -4.14. The Bertz CT molecular complexity index is 1130. The highest BCUT2D eigenvalue weighted by molar-refractivity contribution is 7.90. The van der Waals surface area contributed by atoms with Crippen molar-refractivity contribution in [3.05, 3.63) is 65.7 Å².